The number of halogens is 1. The standard InChI is InChI=1S/C22H27ClN4O5S/c1-26(12-14-11-15(27(30)31)7-8-17(14)23)13-19(28)25-22-20(21(29)24-9-10-32-2)16-5-3-4-6-18(16)33-22/h7-8,11H,3-6,9-10,12-13H2,1-2H3,(H,24,29)(H,25,28). The second-order valence-corrected chi connectivity index (χ2v) is 9.43. The van der Waals surface area contributed by atoms with E-state index in [1.165, 1.54) is 29.5 Å². The van der Waals surface area contributed by atoms with Gasteiger partial charge in [-0.2, -0.15) is 0 Å². The largest absolute Gasteiger partial charge is 0.383 e. The summed E-state index contributed by atoms with van der Waals surface area (Å²) in [6, 6.07) is 4.23. The number of nitrogens with zero attached hydrogens (tertiary/aromatic N) is 2. The van der Waals surface area contributed by atoms with Gasteiger partial charge in [-0.25, -0.2) is 0 Å². The summed E-state index contributed by atoms with van der Waals surface area (Å²) in [6.07, 6.45) is 3.81. The number of nitro benzene ring substituents is 1. The van der Waals surface area contributed by atoms with Crippen molar-refractivity contribution in [2.75, 3.05) is 39.2 Å². The van der Waals surface area contributed by atoms with E-state index in [1.807, 2.05) is 0 Å². The number of hydrogen-bond donors (Lipinski definition) is 2. The van der Waals surface area contributed by atoms with Gasteiger partial charge in [-0.15, -0.1) is 11.3 Å². The zero-order valence-corrected chi connectivity index (χ0v) is 20.2. The number of amides is 2. The van der Waals surface area contributed by atoms with Crippen molar-refractivity contribution in [3.05, 3.63) is 54.9 Å². The molecule has 1 aromatic carbocycles. The summed E-state index contributed by atoms with van der Waals surface area (Å²) < 4.78 is 5.00. The van der Waals surface area contributed by atoms with Gasteiger partial charge in [0.2, 0.25) is 5.91 Å². The predicted molar refractivity (Wildman–Crippen MR) is 128 cm³/mol. The van der Waals surface area contributed by atoms with Crippen LogP contribution in [-0.2, 0) is 28.9 Å². The van der Waals surface area contributed by atoms with E-state index in [4.69, 9.17) is 16.3 Å². The van der Waals surface area contributed by atoms with Crippen LogP contribution in [0.3, 0.4) is 0 Å². The van der Waals surface area contributed by atoms with Crippen molar-refractivity contribution in [2.24, 2.45) is 0 Å². The molecule has 1 aliphatic rings. The Morgan fingerprint density at radius 1 is 1.30 bits per heavy atom. The van der Waals surface area contributed by atoms with Crippen LogP contribution >= 0.6 is 22.9 Å². The van der Waals surface area contributed by atoms with Crippen LogP contribution in [0.25, 0.3) is 0 Å². The van der Waals surface area contributed by atoms with Gasteiger partial charge in [0.15, 0.2) is 0 Å². The molecule has 0 fully saturated rings. The molecule has 178 valence electrons. The third-order valence-electron chi connectivity index (χ3n) is 5.34. The number of methoxy groups -OCH3 is 1. The number of thiophene rings is 1. The van der Waals surface area contributed by atoms with Crippen molar-refractivity contribution < 1.29 is 19.2 Å². The minimum absolute atomic E-state index is 0.0340. The lowest BCUT2D eigenvalue weighted by atomic mass is 9.95. The van der Waals surface area contributed by atoms with Crippen molar-refractivity contribution in [3.63, 3.8) is 0 Å². The Hall–Kier alpha value is -2.53. The topological polar surface area (TPSA) is 114 Å². The number of benzene rings is 1. The van der Waals surface area contributed by atoms with Crippen LogP contribution in [0.5, 0.6) is 0 Å². The molecule has 33 heavy (non-hydrogen) atoms. The number of anilines is 1. The fraction of sp³-hybridized carbons (Fsp3) is 0.455. The number of carbonyl (C=O) groups excluding carboxylic acids is 2. The number of non-ortho nitro benzene ring substituents is 1. The lowest BCUT2D eigenvalue weighted by molar-refractivity contribution is -0.384. The molecule has 0 saturated heterocycles. The molecule has 1 aliphatic carbocycles. The molecule has 1 aromatic heterocycles. The molecular formula is C22H27ClN4O5S. The number of ether oxygens (including phenoxy) is 1. The Kier molecular flexibility index (Phi) is 8.79. The first-order valence-electron chi connectivity index (χ1n) is 10.6. The zero-order valence-electron chi connectivity index (χ0n) is 18.6. The lowest BCUT2D eigenvalue weighted by Gasteiger charge is -2.17. The number of hydrogen-bond acceptors (Lipinski definition) is 7. The summed E-state index contributed by atoms with van der Waals surface area (Å²) >= 11 is 7.63. The van der Waals surface area contributed by atoms with E-state index in [0.29, 0.717) is 34.3 Å². The maximum absolute atomic E-state index is 12.9. The van der Waals surface area contributed by atoms with Gasteiger partial charge >= 0.3 is 0 Å². The Morgan fingerprint density at radius 3 is 2.79 bits per heavy atom. The normalized spacial score (nSPS) is 13.0. The van der Waals surface area contributed by atoms with Crippen LogP contribution in [0.4, 0.5) is 10.7 Å². The first kappa shape index (κ1) is 25.1. The van der Waals surface area contributed by atoms with Gasteiger partial charge in [-0.05, 0) is 49.9 Å². The minimum Gasteiger partial charge on any atom is -0.383 e. The number of aryl methyl sites for hydroxylation is 1. The van der Waals surface area contributed by atoms with Crippen LogP contribution in [0, 0.1) is 10.1 Å². The van der Waals surface area contributed by atoms with E-state index in [2.05, 4.69) is 10.6 Å². The predicted octanol–water partition coefficient (Wildman–Crippen LogP) is 3.64. The second-order valence-electron chi connectivity index (χ2n) is 7.92. The molecule has 0 saturated carbocycles. The van der Waals surface area contributed by atoms with Crippen molar-refractivity contribution >= 4 is 45.4 Å². The summed E-state index contributed by atoms with van der Waals surface area (Å²) in [5.74, 6) is -0.484. The van der Waals surface area contributed by atoms with Gasteiger partial charge in [0, 0.05) is 42.2 Å². The zero-order chi connectivity index (χ0) is 24.0. The van der Waals surface area contributed by atoms with Crippen LogP contribution in [0.15, 0.2) is 18.2 Å². The molecule has 11 heteroatoms. The van der Waals surface area contributed by atoms with Gasteiger partial charge in [-0.3, -0.25) is 24.6 Å². The van der Waals surface area contributed by atoms with Gasteiger partial charge in [-0.1, -0.05) is 11.6 Å². The summed E-state index contributed by atoms with van der Waals surface area (Å²) in [4.78, 5) is 39.0. The van der Waals surface area contributed by atoms with Crippen LogP contribution in [0.1, 0.15) is 39.2 Å². The Labute approximate surface area is 201 Å². The van der Waals surface area contributed by atoms with Crippen LogP contribution in [-0.4, -0.2) is 55.5 Å². The molecule has 0 bridgehead atoms. The minimum atomic E-state index is -0.482. The third kappa shape index (κ3) is 6.50. The monoisotopic (exact) mass is 494 g/mol. The van der Waals surface area contributed by atoms with Gasteiger partial charge in [0.25, 0.3) is 11.6 Å². The van der Waals surface area contributed by atoms with Gasteiger partial charge in [0.1, 0.15) is 5.00 Å². The van der Waals surface area contributed by atoms with E-state index in [1.54, 1.807) is 19.1 Å². The Balaban J connectivity index is 1.70. The highest BCUT2D eigenvalue weighted by Crippen LogP contribution is 2.38. The number of nitro groups is 1. The molecule has 9 nitrogen and oxygen atoms in total. The van der Waals surface area contributed by atoms with Crippen molar-refractivity contribution in [1.29, 1.82) is 0 Å². The van der Waals surface area contributed by atoms with Crippen molar-refractivity contribution in [3.8, 4) is 0 Å². The highest BCUT2D eigenvalue weighted by atomic mass is 35.5. The summed E-state index contributed by atoms with van der Waals surface area (Å²) in [6.45, 7) is 1.09. The molecule has 0 atom stereocenters. The fourth-order valence-corrected chi connectivity index (χ4v) is 5.28. The summed E-state index contributed by atoms with van der Waals surface area (Å²) in [7, 11) is 3.30. The number of nitrogens with one attached hydrogen (secondary N) is 2. The van der Waals surface area contributed by atoms with Gasteiger partial charge in [0.05, 0.1) is 23.6 Å². The maximum Gasteiger partial charge on any atom is 0.269 e. The number of likely N-dealkylation sites (N-methyl/N-ethyl adjacent to an activating group) is 1. The maximum atomic E-state index is 12.9. The number of rotatable bonds is 10. The summed E-state index contributed by atoms with van der Waals surface area (Å²) in [5.41, 5.74) is 2.07. The fourth-order valence-electron chi connectivity index (χ4n) is 3.80. The molecule has 3 rings (SSSR count). The first-order valence-corrected chi connectivity index (χ1v) is 11.8. The molecular weight excluding hydrogens is 468 g/mol. The Morgan fingerprint density at radius 2 is 2.06 bits per heavy atom. The highest BCUT2D eigenvalue weighted by molar-refractivity contribution is 7.17. The number of fused-ring (bicyclic) bond motifs is 1. The molecule has 0 aliphatic heterocycles. The molecule has 0 radical (unpaired) electrons. The van der Waals surface area contributed by atoms with E-state index < -0.39 is 4.92 Å². The van der Waals surface area contributed by atoms with Crippen LogP contribution in [0.2, 0.25) is 5.02 Å². The molecule has 0 unspecified atom stereocenters. The average molecular weight is 495 g/mol. The number of carbonyl (C=O) groups is 2. The Bertz CT molecular complexity index is 1040. The van der Waals surface area contributed by atoms with E-state index in [-0.39, 0.29) is 30.6 Å². The quantitative estimate of drug-likeness (QED) is 0.296. The summed E-state index contributed by atoms with van der Waals surface area (Å²) in [5, 5.41) is 17.7. The highest BCUT2D eigenvalue weighted by Gasteiger charge is 2.26. The SMILES string of the molecule is COCCNC(=O)c1c(NC(=O)CN(C)Cc2cc([N+](=O)[O-])ccc2Cl)sc2c1CCCC2. The van der Waals surface area contributed by atoms with Crippen molar-refractivity contribution in [1.82, 2.24) is 10.2 Å². The second kappa shape index (κ2) is 11.6. The molecule has 2 aromatic rings. The lowest BCUT2D eigenvalue weighted by Crippen LogP contribution is -2.31. The molecule has 2 amide bonds. The van der Waals surface area contributed by atoms with E-state index in [0.717, 1.165) is 36.1 Å². The molecule has 2 N–H and O–H groups in total. The van der Waals surface area contributed by atoms with Gasteiger partial charge < -0.3 is 15.4 Å². The smallest absolute Gasteiger partial charge is 0.269 e. The van der Waals surface area contributed by atoms with Crippen molar-refractivity contribution in [2.45, 2.75) is 32.2 Å². The third-order valence-corrected chi connectivity index (χ3v) is 6.91. The molecule has 0 spiro atoms. The van der Waals surface area contributed by atoms with E-state index >= 15 is 0 Å². The first-order chi connectivity index (χ1) is 15.8. The van der Waals surface area contributed by atoms with Crippen LogP contribution < -0.4 is 10.6 Å². The van der Waals surface area contributed by atoms with E-state index in [9.17, 15) is 19.7 Å². The average Bonchev–Trinajstić information content (AvgIpc) is 3.12. The molecule has 1 heterocycles.